The van der Waals surface area contributed by atoms with Gasteiger partial charge in [0.05, 0.1) is 5.52 Å². The van der Waals surface area contributed by atoms with E-state index in [-0.39, 0.29) is 6.61 Å². The highest BCUT2D eigenvalue weighted by Gasteiger charge is 2.15. The highest BCUT2D eigenvalue weighted by atomic mass is 16.2. The van der Waals surface area contributed by atoms with Crippen molar-refractivity contribution in [2.24, 2.45) is 0 Å². The topological polar surface area (TPSA) is 91.1 Å². The molecule has 3 heterocycles. The van der Waals surface area contributed by atoms with Crippen LogP contribution in [0.3, 0.4) is 0 Å². The van der Waals surface area contributed by atoms with Gasteiger partial charge >= 0.3 is 0 Å². The molecular formula is C17H21N5O. The van der Waals surface area contributed by atoms with Crippen molar-refractivity contribution in [3.05, 3.63) is 24.0 Å². The lowest BCUT2D eigenvalue weighted by atomic mass is 10.1. The zero-order valence-electron chi connectivity index (χ0n) is 13.0. The Bertz CT molecular complexity index is 851. The van der Waals surface area contributed by atoms with Crippen LogP contribution in [0.5, 0.6) is 0 Å². The fraction of sp³-hybridized carbons (Fsp3) is 0.412. The average molecular weight is 311 g/mol. The Kier molecular flexibility index (Phi) is 3.53. The van der Waals surface area contributed by atoms with Gasteiger partial charge in [-0.15, -0.1) is 0 Å². The molecule has 1 aliphatic rings. The standard InChI is InChI=1S/C17H21N5O/c18-17-16-15(20-14(21-16)4-3-9-23)12-6-5-11(10-13(12)19-17)22-7-1-2-8-22/h5-6,10,23H,1-4,7-9H2,(H2,18,19)(H,20,21). The first-order valence-electron chi connectivity index (χ1n) is 8.20. The Morgan fingerprint density at radius 3 is 2.83 bits per heavy atom. The number of benzene rings is 1. The van der Waals surface area contributed by atoms with E-state index in [9.17, 15) is 0 Å². The molecule has 0 atom stereocenters. The van der Waals surface area contributed by atoms with Crippen molar-refractivity contribution in [1.29, 1.82) is 0 Å². The maximum atomic E-state index is 8.98. The van der Waals surface area contributed by atoms with Gasteiger partial charge in [-0.3, -0.25) is 0 Å². The molecule has 6 nitrogen and oxygen atoms in total. The lowest BCUT2D eigenvalue weighted by molar-refractivity contribution is 0.287. The minimum absolute atomic E-state index is 0.157. The van der Waals surface area contributed by atoms with Crippen molar-refractivity contribution in [3.8, 4) is 0 Å². The van der Waals surface area contributed by atoms with Crippen molar-refractivity contribution < 1.29 is 5.11 Å². The van der Waals surface area contributed by atoms with Gasteiger partial charge in [0.2, 0.25) is 0 Å². The smallest absolute Gasteiger partial charge is 0.150 e. The molecule has 6 heteroatoms. The first-order valence-corrected chi connectivity index (χ1v) is 8.20. The molecule has 1 aliphatic heterocycles. The molecule has 0 bridgehead atoms. The zero-order valence-corrected chi connectivity index (χ0v) is 13.0. The number of aromatic nitrogens is 3. The Morgan fingerprint density at radius 1 is 1.22 bits per heavy atom. The number of nitrogen functional groups attached to an aromatic ring is 1. The highest BCUT2D eigenvalue weighted by Crippen LogP contribution is 2.30. The predicted octanol–water partition coefficient (Wildman–Crippen LogP) is 2.22. The number of aryl methyl sites for hydroxylation is 1. The molecule has 4 rings (SSSR count). The molecule has 1 saturated heterocycles. The first kappa shape index (κ1) is 14.3. The summed E-state index contributed by atoms with van der Waals surface area (Å²) < 4.78 is 0. The summed E-state index contributed by atoms with van der Waals surface area (Å²) in [7, 11) is 0. The van der Waals surface area contributed by atoms with Crippen LogP contribution in [0.4, 0.5) is 11.5 Å². The summed E-state index contributed by atoms with van der Waals surface area (Å²) in [5, 5.41) is 10.00. The third kappa shape index (κ3) is 2.49. The van der Waals surface area contributed by atoms with Crippen LogP contribution in [0.1, 0.15) is 25.1 Å². The quantitative estimate of drug-likeness (QED) is 0.687. The number of nitrogens with one attached hydrogen (secondary N) is 1. The van der Waals surface area contributed by atoms with Gasteiger partial charge in [-0.25, -0.2) is 9.97 Å². The predicted molar refractivity (Wildman–Crippen MR) is 92.7 cm³/mol. The zero-order chi connectivity index (χ0) is 15.8. The van der Waals surface area contributed by atoms with Crippen LogP contribution in [0.25, 0.3) is 21.9 Å². The molecule has 1 fully saturated rings. The third-order valence-corrected chi connectivity index (χ3v) is 4.53. The number of H-pyrrole nitrogens is 1. The summed E-state index contributed by atoms with van der Waals surface area (Å²) in [6.45, 7) is 2.37. The summed E-state index contributed by atoms with van der Waals surface area (Å²) in [5.41, 5.74) is 9.88. The number of fused-ring (bicyclic) bond motifs is 3. The van der Waals surface area contributed by atoms with Gasteiger partial charge in [-0.2, -0.15) is 0 Å². The van der Waals surface area contributed by atoms with Crippen LogP contribution in [0.2, 0.25) is 0 Å². The van der Waals surface area contributed by atoms with Crippen molar-refractivity contribution in [1.82, 2.24) is 15.0 Å². The Hall–Kier alpha value is -2.34. The van der Waals surface area contributed by atoms with Crippen molar-refractivity contribution in [3.63, 3.8) is 0 Å². The maximum absolute atomic E-state index is 8.98. The number of hydrogen-bond acceptors (Lipinski definition) is 5. The van der Waals surface area contributed by atoms with Crippen molar-refractivity contribution in [2.45, 2.75) is 25.7 Å². The summed E-state index contributed by atoms with van der Waals surface area (Å²) in [6.07, 6.45) is 3.89. The van der Waals surface area contributed by atoms with Crippen molar-refractivity contribution in [2.75, 3.05) is 30.3 Å². The van der Waals surface area contributed by atoms with E-state index >= 15 is 0 Å². The molecule has 0 saturated carbocycles. The number of imidazole rings is 1. The van der Waals surface area contributed by atoms with Gasteiger partial charge in [-0.1, -0.05) is 0 Å². The van der Waals surface area contributed by atoms with Crippen LogP contribution in [-0.4, -0.2) is 39.8 Å². The Balaban J connectivity index is 1.82. The number of aliphatic hydroxyl groups excluding tert-OH is 1. The summed E-state index contributed by atoms with van der Waals surface area (Å²) in [6, 6.07) is 6.35. The van der Waals surface area contributed by atoms with Gasteiger partial charge in [0.15, 0.2) is 0 Å². The molecule has 0 unspecified atom stereocenters. The largest absolute Gasteiger partial charge is 0.396 e. The molecule has 3 aromatic rings. The van der Waals surface area contributed by atoms with Crippen molar-refractivity contribution >= 4 is 33.4 Å². The van der Waals surface area contributed by atoms with Gasteiger partial charge in [0, 0.05) is 37.2 Å². The summed E-state index contributed by atoms with van der Waals surface area (Å²) >= 11 is 0. The fourth-order valence-corrected chi connectivity index (χ4v) is 3.34. The van der Waals surface area contributed by atoms with E-state index < -0.39 is 0 Å². The van der Waals surface area contributed by atoms with Crippen LogP contribution >= 0.6 is 0 Å². The third-order valence-electron chi connectivity index (χ3n) is 4.53. The number of anilines is 2. The Morgan fingerprint density at radius 2 is 2.04 bits per heavy atom. The number of hydrogen-bond donors (Lipinski definition) is 3. The lowest BCUT2D eigenvalue weighted by Crippen LogP contribution is -2.17. The fourth-order valence-electron chi connectivity index (χ4n) is 3.34. The number of rotatable bonds is 4. The molecule has 0 radical (unpaired) electrons. The number of nitrogens with two attached hydrogens (primary N) is 1. The second-order valence-electron chi connectivity index (χ2n) is 6.13. The minimum Gasteiger partial charge on any atom is -0.396 e. The van der Waals surface area contributed by atoms with Crippen LogP contribution in [0, 0.1) is 0 Å². The van der Waals surface area contributed by atoms with Gasteiger partial charge < -0.3 is 20.7 Å². The Labute approximate surface area is 134 Å². The number of aromatic amines is 1. The minimum atomic E-state index is 0.157. The van der Waals surface area contributed by atoms with E-state index in [1.165, 1.54) is 18.5 Å². The van der Waals surface area contributed by atoms with Crippen LogP contribution < -0.4 is 10.6 Å². The molecule has 1 aromatic carbocycles. The average Bonchev–Trinajstić information content (AvgIpc) is 3.22. The van der Waals surface area contributed by atoms with E-state index in [2.05, 4.69) is 38.1 Å². The molecule has 120 valence electrons. The van der Waals surface area contributed by atoms with Crippen LogP contribution in [-0.2, 0) is 6.42 Å². The van der Waals surface area contributed by atoms with Gasteiger partial charge in [0.1, 0.15) is 22.7 Å². The van der Waals surface area contributed by atoms with Gasteiger partial charge in [0.25, 0.3) is 0 Å². The normalized spacial score (nSPS) is 15.1. The molecule has 0 aliphatic carbocycles. The summed E-state index contributed by atoms with van der Waals surface area (Å²) in [4.78, 5) is 14.9. The summed E-state index contributed by atoms with van der Waals surface area (Å²) in [5.74, 6) is 1.33. The van der Waals surface area contributed by atoms with E-state index in [1.54, 1.807) is 0 Å². The SMILES string of the molecule is Nc1nc2cc(N3CCCC3)ccc2c2nc(CCCO)[nH]c12. The lowest BCUT2D eigenvalue weighted by Gasteiger charge is -2.17. The number of aliphatic hydroxyl groups is 1. The second-order valence-corrected chi connectivity index (χ2v) is 6.13. The van der Waals surface area contributed by atoms with Gasteiger partial charge in [-0.05, 0) is 37.5 Å². The van der Waals surface area contributed by atoms with E-state index in [0.29, 0.717) is 18.7 Å². The molecule has 0 spiro atoms. The molecule has 4 N–H and O–H groups in total. The van der Waals surface area contributed by atoms with Crippen LogP contribution in [0.15, 0.2) is 18.2 Å². The molecule has 23 heavy (non-hydrogen) atoms. The van der Waals surface area contributed by atoms with E-state index in [0.717, 1.165) is 40.9 Å². The molecule has 0 amide bonds. The second kappa shape index (κ2) is 5.70. The molecular weight excluding hydrogens is 290 g/mol. The number of pyridine rings is 1. The first-order chi connectivity index (χ1) is 11.3. The van der Waals surface area contributed by atoms with E-state index in [4.69, 9.17) is 10.8 Å². The maximum Gasteiger partial charge on any atom is 0.150 e. The highest BCUT2D eigenvalue weighted by molar-refractivity contribution is 6.06. The monoisotopic (exact) mass is 311 g/mol. The number of nitrogens with zero attached hydrogens (tertiary/aromatic N) is 3. The molecule has 2 aromatic heterocycles. The van der Waals surface area contributed by atoms with E-state index in [1.807, 2.05) is 0 Å².